The van der Waals surface area contributed by atoms with Crippen molar-refractivity contribution in [2.24, 2.45) is 0 Å². The number of pyridine rings is 1. The van der Waals surface area contributed by atoms with Crippen LogP contribution in [0.25, 0.3) is 0 Å². The van der Waals surface area contributed by atoms with Gasteiger partial charge in [0.1, 0.15) is 0 Å². The SMILES string of the molecule is CCN(c1ccccc1C)c1ncc(Br)cc1N. The van der Waals surface area contributed by atoms with E-state index in [1.165, 1.54) is 5.56 Å². The van der Waals surface area contributed by atoms with E-state index in [9.17, 15) is 0 Å². The number of nitrogen functional groups attached to an aromatic ring is 1. The molecule has 0 spiro atoms. The fourth-order valence-electron chi connectivity index (χ4n) is 1.97. The van der Waals surface area contributed by atoms with Crippen molar-refractivity contribution in [3.8, 4) is 0 Å². The van der Waals surface area contributed by atoms with E-state index in [0.717, 1.165) is 22.5 Å². The molecule has 0 aliphatic carbocycles. The number of nitrogens with two attached hydrogens (primary N) is 1. The maximum Gasteiger partial charge on any atom is 0.156 e. The van der Waals surface area contributed by atoms with E-state index in [2.05, 4.69) is 51.8 Å². The third-order valence-corrected chi connectivity index (χ3v) is 3.27. The van der Waals surface area contributed by atoms with Gasteiger partial charge in [-0.2, -0.15) is 0 Å². The van der Waals surface area contributed by atoms with Crippen LogP contribution in [-0.4, -0.2) is 11.5 Å². The Morgan fingerprint density at radius 2 is 2.06 bits per heavy atom. The number of nitrogens with zero attached hydrogens (tertiary/aromatic N) is 2. The number of anilines is 3. The van der Waals surface area contributed by atoms with Crippen LogP contribution in [0.15, 0.2) is 41.0 Å². The van der Waals surface area contributed by atoms with E-state index in [1.807, 2.05) is 18.2 Å². The third-order valence-electron chi connectivity index (χ3n) is 2.84. The summed E-state index contributed by atoms with van der Waals surface area (Å²) in [5, 5.41) is 0. The molecule has 0 amide bonds. The molecule has 0 atom stereocenters. The molecule has 0 radical (unpaired) electrons. The average molecular weight is 306 g/mol. The Hall–Kier alpha value is -1.55. The van der Waals surface area contributed by atoms with Gasteiger partial charge in [-0.15, -0.1) is 0 Å². The molecule has 1 aromatic carbocycles. The Labute approximate surface area is 116 Å². The molecule has 4 heteroatoms. The van der Waals surface area contributed by atoms with E-state index in [4.69, 9.17) is 5.73 Å². The largest absolute Gasteiger partial charge is 0.396 e. The zero-order valence-corrected chi connectivity index (χ0v) is 12.1. The predicted molar refractivity (Wildman–Crippen MR) is 80.2 cm³/mol. The summed E-state index contributed by atoms with van der Waals surface area (Å²) in [4.78, 5) is 6.54. The summed E-state index contributed by atoms with van der Waals surface area (Å²) >= 11 is 3.38. The second-order valence-corrected chi connectivity index (χ2v) is 5.01. The number of benzene rings is 1. The van der Waals surface area contributed by atoms with Crippen LogP contribution >= 0.6 is 15.9 Å². The van der Waals surface area contributed by atoms with E-state index in [1.54, 1.807) is 6.20 Å². The Morgan fingerprint density at radius 1 is 1.33 bits per heavy atom. The molecule has 0 aliphatic rings. The van der Waals surface area contributed by atoms with Crippen LogP contribution in [0.3, 0.4) is 0 Å². The van der Waals surface area contributed by atoms with Gasteiger partial charge in [0.15, 0.2) is 5.82 Å². The molecule has 94 valence electrons. The first-order chi connectivity index (χ1) is 8.63. The number of rotatable bonds is 3. The number of halogens is 1. The highest BCUT2D eigenvalue weighted by molar-refractivity contribution is 9.10. The summed E-state index contributed by atoms with van der Waals surface area (Å²) in [5.74, 6) is 0.801. The molecule has 0 saturated heterocycles. The molecule has 2 N–H and O–H groups in total. The van der Waals surface area contributed by atoms with E-state index < -0.39 is 0 Å². The minimum Gasteiger partial charge on any atom is -0.396 e. The van der Waals surface area contributed by atoms with Gasteiger partial charge < -0.3 is 10.6 Å². The molecular weight excluding hydrogens is 290 g/mol. The maximum atomic E-state index is 6.05. The molecule has 2 aromatic rings. The Bertz CT molecular complexity index is 554. The van der Waals surface area contributed by atoms with Crippen LogP contribution < -0.4 is 10.6 Å². The van der Waals surface area contributed by atoms with Gasteiger partial charge in [0.2, 0.25) is 0 Å². The number of hydrogen-bond donors (Lipinski definition) is 1. The topological polar surface area (TPSA) is 42.2 Å². The molecule has 0 saturated carbocycles. The zero-order valence-electron chi connectivity index (χ0n) is 10.5. The first-order valence-corrected chi connectivity index (χ1v) is 6.67. The number of aryl methyl sites for hydroxylation is 1. The van der Waals surface area contributed by atoms with Crippen molar-refractivity contribution in [1.29, 1.82) is 0 Å². The Kier molecular flexibility index (Phi) is 3.87. The van der Waals surface area contributed by atoms with Gasteiger partial charge in [-0.1, -0.05) is 18.2 Å². The van der Waals surface area contributed by atoms with Gasteiger partial charge in [-0.25, -0.2) is 4.98 Å². The van der Waals surface area contributed by atoms with Gasteiger partial charge in [0.25, 0.3) is 0 Å². The van der Waals surface area contributed by atoms with Crippen molar-refractivity contribution in [3.63, 3.8) is 0 Å². The Balaban J connectivity index is 2.49. The normalized spacial score (nSPS) is 10.4. The minimum atomic E-state index is 0.675. The van der Waals surface area contributed by atoms with Crippen molar-refractivity contribution in [2.75, 3.05) is 17.2 Å². The zero-order chi connectivity index (χ0) is 13.1. The molecule has 1 heterocycles. The first-order valence-electron chi connectivity index (χ1n) is 5.87. The standard InChI is InChI=1S/C14H16BrN3/c1-3-18(13-7-5-4-6-10(13)2)14-12(16)8-11(15)9-17-14/h4-9H,3,16H2,1-2H3. The molecule has 0 bridgehead atoms. The van der Waals surface area contributed by atoms with Crippen molar-refractivity contribution < 1.29 is 0 Å². The van der Waals surface area contributed by atoms with Crippen LogP contribution in [-0.2, 0) is 0 Å². The minimum absolute atomic E-state index is 0.675. The van der Waals surface area contributed by atoms with Crippen LogP contribution in [0.2, 0.25) is 0 Å². The summed E-state index contributed by atoms with van der Waals surface area (Å²) in [7, 11) is 0. The van der Waals surface area contributed by atoms with Crippen LogP contribution in [0.4, 0.5) is 17.2 Å². The molecule has 3 nitrogen and oxygen atoms in total. The molecule has 1 aromatic heterocycles. The maximum absolute atomic E-state index is 6.05. The Morgan fingerprint density at radius 3 is 2.67 bits per heavy atom. The van der Waals surface area contributed by atoms with Gasteiger partial charge in [-0.3, -0.25) is 0 Å². The fraction of sp³-hybridized carbons (Fsp3) is 0.214. The lowest BCUT2D eigenvalue weighted by atomic mass is 10.1. The van der Waals surface area contributed by atoms with Crippen LogP contribution in [0.5, 0.6) is 0 Å². The summed E-state index contributed by atoms with van der Waals surface area (Å²) in [5.41, 5.74) is 9.08. The number of aromatic nitrogens is 1. The highest BCUT2D eigenvalue weighted by atomic mass is 79.9. The van der Waals surface area contributed by atoms with Gasteiger partial charge in [0, 0.05) is 22.9 Å². The number of para-hydroxylation sites is 1. The van der Waals surface area contributed by atoms with E-state index in [-0.39, 0.29) is 0 Å². The predicted octanol–water partition coefficient (Wildman–Crippen LogP) is 3.89. The monoisotopic (exact) mass is 305 g/mol. The van der Waals surface area contributed by atoms with Gasteiger partial charge >= 0.3 is 0 Å². The van der Waals surface area contributed by atoms with Gasteiger partial charge in [0.05, 0.1) is 5.69 Å². The summed E-state index contributed by atoms with van der Waals surface area (Å²) in [6.45, 7) is 5.01. The van der Waals surface area contributed by atoms with E-state index >= 15 is 0 Å². The third kappa shape index (κ3) is 2.48. The van der Waals surface area contributed by atoms with Crippen LogP contribution in [0, 0.1) is 6.92 Å². The quantitative estimate of drug-likeness (QED) is 0.935. The molecule has 0 aliphatic heterocycles. The summed E-state index contributed by atoms with van der Waals surface area (Å²) < 4.78 is 0.893. The molecular formula is C14H16BrN3. The van der Waals surface area contributed by atoms with Crippen molar-refractivity contribution in [1.82, 2.24) is 4.98 Å². The highest BCUT2D eigenvalue weighted by Gasteiger charge is 2.13. The molecule has 18 heavy (non-hydrogen) atoms. The molecule has 0 unspecified atom stereocenters. The summed E-state index contributed by atoms with van der Waals surface area (Å²) in [6.07, 6.45) is 1.77. The van der Waals surface area contributed by atoms with Crippen molar-refractivity contribution in [2.45, 2.75) is 13.8 Å². The van der Waals surface area contributed by atoms with Crippen molar-refractivity contribution in [3.05, 3.63) is 46.6 Å². The van der Waals surface area contributed by atoms with E-state index in [0.29, 0.717) is 5.69 Å². The molecule has 2 rings (SSSR count). The lowest BCUT2D eigenvalue weighted by molar-refractivity contribution is 0.984. The van der Waals surface area contributed by atoms with Crippen molar-refractivity contribution >= 4 is 33.1 Å². The second kappa shape index (κ2) is 5.40. The fourth-order valence-corrected chi connectivity index (χ4v) is 2.32. The molecule has 0 fully saturated rings. The lowest BCUT2D eigenvalue weighted by Crippen LogP contribution is -2.19. The van der Waals surface area contributed by atoms with Gasteiger partial charge in [-0.05, 0) is 47.5 Å². The second-order valence-electron chi connectivity index (χ2n) is 4.10. The lowest BCUT2D eigenvalue weighted by Gasteiger charge is -2.25. The summed E-state index contributed by atoms with van der Waals surface area (Å²) in [6, 6.07) is 10.1. The number of hydrogen-bond acceptors (Lipinski definition) is 3. The first kappa shape index (κ1) is 12.9. The average Bonchev–Trinajstić information content (AvgIpc) is 2.34. The van der Waals surface area contributed by atoms with Crippen LogP contribution in [0.1, 0.15) is 12.5 Å². The highest BCUT2D eigenvalue weighted by Crippen LogP contribution is 2.31. The smallest absolute Gasteiger partial charge is 0.156 e.